The maximum absolute atomic E-state index is 6.12. The normalized spacial score (nSPS) is 14.0. The molecular formula is C15H26N2O2. The minimum absolute atomic E-state index is 0.0741. The van der Waals surface area contributed by atoms with Crippen LogP contribution in [0.25, 0.3) is 0 Å². The average Bonchev–Trinajstić information content (AvgIpc) is 2.39. The van der Waals surface area contributed by atoms with Crippen molar-refractivity contribution in [1.29, 1.82) is 0 Å². The van der Waals surface area contributed by atoms with Gasteiger partial charge in [0, 0.05) is 37.0 Å². The maximum Gasteiger partial charge on any atom is 0.125 e. The number of benzene rings is 1. The van der Waals surface area contributed by atoms with E-state index in [9.17, 15) is 0 Å². The van der Waals surface area contributed by atoms with Gasteiger partial charge in [-0.25, -0.2) is 0 Å². The van der Waals surface area contributed by atoms with Gasteiger partial charge in [0.05, 0.1) is 13.7 Å². The molecule has 1 unspecified atom stereocenters. The number of ether oxygens (including phenoxy) is 2. The van der Waals surface area contributed by atoms with Gasteiger partial charge in [-0.05, 0) is 32.9 Å². The number of anilines is 1. The minimum atomic E-state index is -0.0741. The Bertz CT molecular complexity index is 394. The van der Waals surface area contributed by atoms with Crippen LogP contribution in [0.4, 0.5) is 5.69 Å². The van der Waals surface area contributed by atoms with E-state index >= 15 is 0 Å². The molecule has 4 nitrogen and oxygen atoms in total. The molecule has 0 amide bonds. The zero-order valence-corrected chi connectivity index (χ0v) is 12.6. The van der Waals surface area contributed by atoms with Crippen LogP contribution < -0.4 is 15.4 Å². The fourth-order valence-corrected chi connectivity index (χ4v) is 2.47. The molecule has 0 fully saturated rings. The molecule has 0 aromatic heterocycles. The molecular weight excluding hydrogens is 240 g/mol. The van der Waals surface area contributed by atoms with E-state index in [-0.39, 0.29) is 6.04 Å². The Hall–Kier alpha value is -1.26. The molecule has 0 radical (unpaired) electrons. The number of rotatable bonds is 7. The molecule has 0 saturated heterocycles. The second kappa shape index (κ2) is 7.36. The van der Waals surface area contributed by atoms with Crippen LogP contribution in [0.2, 0.25) is 0 Å². The Kier molecular flexibility index (Phi) is 6.12. The largest absolute Gasteiger partial charge is 0.496 e. The molecule has 0 spiro atoms. The Balaban J connectivity index is 3.22. The first-order valence-corrected chi connectivity index (χ1v) is 6.74. The Morgan fingerprint density at radius 1 is 1.26 bits per heavy atom. The third-order valence-corrected chi connectivity index (χ3v) is 3.31. The highest BCUT2D eigenvalue weighted by molar-refractivity contribution is 5.61. The predicted octanol–water partition coefficient (Wildman–Crippen LogP) is 2.58. The first-order chi connectivity index (χ1) is 9.06. The molecule has 2 N–H and O–H groups in total. The zero-order valence-electron chi connectivity index (χ0n) is 12.6. The quantitative estimate of drug-likeness (QED) is 0.824. The molecule has 0 aliphatic heterocycles. The number of hydrogen-bond acceptors (Lipinski definition) is 4. The predicted molar refractivity (Wildman–Crippen MR) is 80.0 cm³/mol. The minimum Gasteiger partial charge on any atom is -0.496 e. The molecule has 0 bridgehead atoms. The van der Waals surface area contributed by atoms with Gasteiger partial charge in [-0.3, -0.25) is 0 Å². The maximum atomic E-state index is 6.12. The molecule has 1 aromatic rings. The summed E-state index contributed by atoms with van der Waals surface area (Å²) in [6.45, 7) is 7.85. The van der Waals surface area contributed by atoms with Crippen molar-refractivity contribution < 1.29 is 9.47 Å². The summed E-state index contributed by atoms with van der Waals surface area (Å²) < 4.78 is 10.7. The lowest BCUT2D eigenvalue weighted by atomic mass is 10.0. The lowest BCUT2D eigenvalue weighted by molar-refractivity contribution is 0.182. The van der Waals surface area contributed by atoms with E-state index in [1.54, 1.807) is 14.2 Å². The summed E-state index contributed by atoms with van der Waals surface area (Å²) in [5.74, 6) is 0.843. The zero-order chi connectivity index (χ0) is 14.4. The molecule has 0 saturated carbocycles. The highest BCUT2D eigenvalue weighted by Gasteiger charge is 2.20. The molecule has 4 heteroatoms. The summed E-state index contributed by atoms with van der Waals surface area (Å²) in [6, 6.07) is 6.27. The van der Waals surface area contributed by atoms with Crippen molar-refractivity contribution in [2.75, 3.05) is 32.3 Å². The highest BCUT2D eigenvalue weighted by atomic mass is 16.5. The van der Waals surface area contributed by atoms with Crippen molar-refractivity contribution in [3.05, 3.63) is 23.8 Å². The van der Waals surface area contributed by atoms with E-state index in [0.717, 1.165) is 23.5 Å². The van der Waals surface area contributed by atoms with Gasteiger partial charge in [-0.2, -0.15) is 0 Å². The average molecular weight is 266 g/mol. The van der Waals surface area contributed by atoms with Crippen LogP contribution in [0.3, 0.4) is 0 Å². The van der Waals surface area contributed by atoms with Gasteiger partial charge >= 0.3 is 0 Å². The third-order valence-electron chi connectivity index (χ3n) is 3.31. The molecule has 1 rings (SSSR count). The van der Waals surface area contributed by atoms with Crippen molar-refractivity contribution in [2.24, 2.45) is 5.73 Å². The summed E-state index contributed by atoms with van der Waals surface area (Å²) in [6.07, 6.45) is 0. The lowest BCUT2D eigenvalue weighted by Crippen LogP contribution is -2.37. The number of nitrogens with zero attached hydrogens (tertiary/aromatic N) is 1. The fourth-order valence-electron chi connectivity index (χ4n) is 2.47. The molecule has 0 aliphatic carbocycles. The van der Waals surface area contributed by atoms with Gasteiger partial charge in [0.1, 0.15) is 5.75 Å². The Labute approximate surface area is 116 Å². The first kappa shape index (κ1) is 15.8. The topological polar surface area (TPSA) is 47.7 Å². The van der Waals surface area contributed by atoms with Crippen molar-refractivity contribution >= 4 is 5.69 Å². The molecule has 0 heterocycles. The Morgan fingerprint density at radius 3 is 2.42 bits per heavy atom. The molecule has 0 aliphatic rings. The number of nitrogens with two attached hydrogens (primary N) is 1. The van der Waals surface area contributed by atoms with Crippen molar-refractivity contribution in [3.63, 3.8) is 0 Å². The van der Waals surface area contributed by atoms with Crippen molar-refractivity contribution in [2.45, 2.75) is 32.9 Å². The fraction of sp³-hybridized carbons (Fsp3) is 0.600. The van der Waals surface area contributed by atoms with E-state index < -0.39 is 0 Å². The summed E-state index contributed by atoms with van der Waals surface area (Å²) in [5.41, 5.74) is 8.30. The number of likely N-dealkylation sites (N-methyl/N-ethyl adjacent to an activating group) is 1. The van der Waals surface area contributed by atoms with Crippen molar-refractivity contribution in [3.8, 4) is 5.75 Å². The first-order valence-electron chi connectivity index (χ1n) is 6.74. The van der Waals surface area contributed by atoms with Crippen molar-refractivity contribution in [1.82, 2.24) is 0 Å². The van der Waals surface area contributed by atoms with E-state index in [2.05, 4.69) is 24.8 Å². The summed E-state index contributed by atoms with van der Waals surface area (Å²) >= 11 is 0. The van der Waals surface area contributed by atoms with Crippen LogP contribution >= 0.6 is 0 Å². The summed E-state index contributed by atoms with van der Waals surface area (Å²) in [4.78, 5) is 2.30. The SMILES string of the molecule is CCN(c1cccc(OC)c1[C@H](C)N)C(C)COC. The van der Waals surface area contributed by atoms with Gasteiger partial charge in [0.15, 0.2) is 0 Å². The van der Waals surface area contributed by atoms with E-state index in [1.165, 1.54) is 0 Å². The second-order valence-corrected chi connectivity index (χ2v) is 4.77. The van der Waals surface area contributed by atoms with Crippen LogP contribution in [-0.4, -0.2) is 33.4 Å². The van der Waals surface area contributed by atoms with Crippen LogP contribution in [-0.2, 0) is 4.74 Å². The number of hydrogen-bond donors (Lipinski definition) is 1. The van der Waals surface area contributed by atoms with Gasteiger partial charge in [0.2, 0.25) is 0 Å². The Morgan fingerprint density at radius 2 is 1.95 bits per heavy atom. The molecule has 1 aromatic carbocycles. The second-order valence-electron chi connectivity index (χ2n) is 4.77. The summed E-state index contributed by atoms with van der Waals surface area (Å²) in [7, 11) is 3.41. The third kappa shape index (κ3) is 3.61. The van der Waals surface area contributed by atoms with Gasteiger partial charge in [0.25, 0.3) is 0 Å². The van der Waals surface area contributed by atoms with Gasteiger partial charge in [-0.15, -0.1) is 0 Å². The summed E-state index contributed by atoms with van der Waals surface area (Å²) in [5, 5.41) is 0. The van der Waals surface area contributed by atoms with Gasteiger partial charge < -0.3 is 20.1 Å². The molecule has 19 heavy (non-hydrogen) atoms. The van der Waals surface area contributed by atoms with Crippen LogP contribution in [0.1, 0.15) is 32.4 Å². The van der Waals surface area contributed by atoms with Crippen LogP contribution in [0.15, 0.2) is 18.2 Å². The van der Waals surface area contributed by atoms with E-state index in [4.69, 9.17) is 15.2 Å². The van der Waals surface area contributed by atoms with E-state index in [1.807, 2.05) is 19.1 Å². The molecule has 2 atom stereocenters. The standard InChI is InChI=1S/C15H26N2O2/c1-6-17(11(2)10-18-4)13-8-7-9-14(19-5)15(13)12(3)16/h7-9,11-12H,6,10,16H2,1-5H3/t11?,12-/m0/s1. The lowest BCUT2D eigenvalue weighted by Gasteiger charge is -2.33. The van der Waals surface area contributed by atoms with Crippen LogP contribution in [0, 0.1) is 0 Å². The van der Waals surface area contributed by atoms with E-state index in [0.29, 0.717) is 12.6 Å². The highest BCUT2D eigenvalue weighted by Crippen LogP contribution is 2.34. The van der Waals surface area contributed by atoms with Gasteiger partial charge in [-0.1, -0.05) is 6.07 Å². The monoisotopic (exact) mass is 266 g/mol. The molecule has 108 valence electrons. The van der Waals surface area contributed by atoms with Crippen LogP contribution in [0.5, 0.6) is 5.75 Å². The number of methoxy groups -OCH3 is 2. The smallest absolute Gasteiger partial charge is 0.125 e.